The average Bonchev–Trinajstić information content (AvgIpc) is 3.08. The highest BCUT2D eigenvalue weighted by molar-refractivity contribution is 6.02. The second kappa shape index (κ2) is 9.24. The van der Waals surface area contributed by atoms with Gasteiger partial charge in [0, 0.05) is 43.5 Å². The molecule has 0 spiro atoms. The molecular formula is C22H25F3N4O4. The highest BCUT2D eigenvalue weighted by Crippen LogP contribution is 2.37. The molecular weight excluding hydrogens is 441 g/mol. The van der Waals surface area contributed by atoms with Crippen LogP contribution in [-0.2, 0) is 12.6 Å². The standard InChI is InChI=1S/C22H25F3N4O4/c1-4-5-16-19(14(3)30)13(2)26-20(16)21(31)28-10-8-27(9-11-28)17-7-6-15(22(23,24)25)12-18(17)29(32)33/h6-7,12,26H,4-5,8-11H2,1-3H3. The molecule has 1 aromatic carbocycles. The highest BCUT2D eigenvalue weighted by atomic mass is 19.4. The third-order valence-electron chi connectivity index (χ3n) is 5.76. The van der Waals surface area contributed by atoms with Crippen molar-refractivity contribution in [1.82, 2.24) is 9.88 Å². The lowest BCUT2D eigenvalue weighted by Crippen LogP contribution is -2.49. The molecule has 3 rings (SSSR count). The van der Waals surface area contributed by atoms with E-state index in [1.165, 1.54) is 6.92 Å². The van der Waals surface area contributed by atoms with E-state index >= 15 is 0 Å². The van der Waals surface area contributed by atoms with E-state index in [-0.39, 0.29) is 43.6 Å². The van der Waals surface area contributed by atoms with Crippen LogP contribution in [0.4, 0.5) is 24.5 Å². The molecule has 0 aliphatic carbocycles. The number of piperazine rings is 1. The van der Waals surface area contributed by atoms with Crippen LogP contribution in [0, 0.1) is 17.0 Å². The molecule has 0 radical (unpaired) electrons. The summed E-state index contributed by atoms with van der Waals surface area (Å²) in [7, 11) is 0. The molecule has 1 saturated heterocycles. The number of benzene rings is 1. The quantitative estimate of drug-likeness (QED) is 0.387. The zero-order chi connectivity index (χ0) is 24.5. The number of aryl methyl sites for hydroxylation is 1. The smallest absolute Gasteiger partial charge is 0.362 e. The normalized spacial score (nSPS) is 14.5. The second-order valence-corrected chi connectivity index (χ2v) is 8.02. The molecule has 1 N–H and O–H groups in total. The number of rotatable bonds is 6. The van der Waals surface area contributed by atoms with Crippen molar-refractivity contribution in [3.8, 4) is 0 Å². The van der Waals surface area contributed by atoms with Crippen molar-refractivity contribution in [2.24, 2.45) is 0 Å². The van der Waals surface area contributed by atoms with Crippen molar-refractivity contribution < 1.29 is 27.7 Å². The van der Waals surface area contributed by atoms with Crippen LogP contribution < -0.4 is 4.90 Å². The number of carbonyl (C=O) groups excluding carboxylic acids is 2. The van der Waals surface area contributed by atoms with Crippen LogP contribution in [0.1, 0.15) is 57.9 Å². The van der Waals surface area contributed by atoms with Crippen LogP contribution in [0.5, 0.6) is 0 Å². The minimum atomic E-state index is -4.68. The summed E-state index contributed by atoms with van der Waals surface area (Å²) in [6, 6.07) is 2.46. The maximum absolute atomic E-state index is 13.2. The Morgan fingerprint density at radius 2 is 1.82 bits per heavy atom. The maximum Gasteiger partial charge on any atom is 0.416 e. The Morgan fingerprint density at radius 3 is 2.33 bits per heavy atom. The molecule has 8 nitrogen and oxygen atoms in total. The number of nitrogens with one attached hydrogen (secondary N) is 1. The predicted octanol–water partition coefficient (Wildman–Crippen LogP) is 4.37. The fourth-order valence-corrected chi connectivity index (χ4v) is 4.26. The summed E-state index contributed by atoms with van der Waals surface area (Å²) in [6.07, 6.45) is -3.36. The van der Waals surface area contributed by atoms with Crippen LogP contribution >= 0.6 is 0 Å². The number of nitrogens with zero attached hydrogens (tertiary/aromatic N) is 3. The molecule has 1 aliphatic rings. The Balaban J connectivity index is 1.81. The zero-order valence-electron chi connectivity index (χ0n) is 18.6. The number of nitro benzene ring substituents is 1. The number of hydrogen-bond acceptors (Lipinski definition) is 5. The van der Waals surface area contributed by atoms with Crippen LogP contribution in [0.3, 0.4) is 0 Å². The third-order valence-corrected chi connectivity index (χ3v) is 5.76. The van der Waals surface area contributed by atoms with Gasteiger partial charge in [-0.2, -0.15) is 13.2 Å². The van der Waals surface area contributed by atoms with Crippen LogP contribution in [0.25, 0.3) is 0 Å². The molecule has 0 bridgehead atoms. The topological polar surface area (TPSA) is 99.5 Å². The van der Waals surface area contributed by atoms with Crippen LogP contribution in [0.15, 0.2) is 18.2 Å². The number of Topliss-reactive ketones (excluding diaryl/α,β-unsaturated/α-hetero) is 1. The van der Waals surface area contributed by atoms with E-state index in [0.717, 1.165) is 18.6 Å². The van der Waals surface area contributed by atoms with Gasteiger partial charge in [-0.1, -0.05) is 13.3 Å². The average molecular weight is 466 g/mol. The van der Waals surface area contributed by atoms with E-state index < -0.39 is 22.4 Å². The summed E-state index contributed by atoms with van der Waals surface area (Å²) in [6.45, 7) is 6.07. The lowest BCUT2D eigenvalue weighted by Gasteiger charge is -2.36. The molecule has 1 amide bonds. The largest absolute Gasteiger partial charge is 0.416 e. The molecule has 0 unspecified atom stereocenters. The first-order valence-electron chi connectivity index (χ1n) is 10.6. The summed E-state index contributed by atoms with van der Waals surface area (Å²) >= 11 is 0. The van der Waals surface area contributed by atoms with Crippen LogP contribution in [0.2, 0.25) is 0 Å². The van der Waals surface area contributed by atoms with Crippen molar-refractivity contribution in [2.45, 2.75) is 39.8 Å². The van der Waals surface area contributed by atoms with Gasteiger partial charge in [-0.3, -0.25) is 19.7 Å². The van der Waals surface area contributed by atoms with Gasteiger partial charge >= 0.3 is 6.18 Å². The number of aromatic amines is 1. The van der Waals surface area contributed by atoms with Crippen molar-refractivity contribution in [3.05, 3.63) is 56.4 Å². The number of H-pyrrole nitrogens is 1. The van der Waals surface area contributed by atoms with E-state index in [9.17, 15) is 32.9 Å². The summed E-state index contributed by atoms with van der Waals surface area (Å²) in [4.78, 5) is 42.1. The molecule has 0 atom stereocenters. The number of anilines is 1. The molecule has 1 fully saturated rings. The number of amides is 1. The minimum absolute atomic E-state index is 0.0846. The Bertz CT molecular complexity index is 1090. The first kappa shape index (κ1) is 24.3. The van der Waals surface area contributed by atoms with Gasteiger partial charge < -0.3 is 14.8 Å². The monoisotopic (exact) mass is 466 g/mol. The molecule has 1 aliphatic heterocycles. The zero-order valence-corrected chi connectivity index (χ0v) is 18.6. The van der Waals surface area contributed by atoms with Crippen molar-refractivity contribution in [3.63, 3.8) is 0 Å². The molecule has 2 aromatic rings. The number of ketones is 1. The minimum Gasteiger partial charge on any atom is -0.362 e. The van der Waals surface area contributed by atoms with E-state index in [1.54, 1.807) is 16.7 Å². The van der Waals surface area contributed by atoms with Crippen LogP contribution in [-0.4, -0.2) is 52.7 Å². The van der Waals surface area contributed by atoms with E-state index in [0.29, 0.717) is 35.0 Å². The van der Waals surface area contributed by atoms with Gasteiger partial charge in [0.1, 0.15) is 11.4 Å². The molecule has 11 heteroatoms. The first-order chi connectivity index (χ1) is 15.5. The summed E-state index contributed by atoms with van der Waals surface area (Å²) in [5.41, 5.74) is 0.593. The first-order valence-corrected chi connectivity index (χ1v) is 10.6. The Morgan fingerprint density at radius 1 is 1.18 bits per heavy atom. The van der Waals surface area contributed by atoms with E-state index in [4.69, 9.17) is 0 Å². The molecule has 178 valence electrons. The summed E-state index contributed by atoms with van der Waals surface area (Å²) in [5.74, 6) is -0.388. The number of alkyl halides is 3. The van der Waals surface area contributed by atoms with Gasteiger partial charge in [-0.15, -0.1) is 0 Å². The van der Waals surface area contributed by atoms with Gasteiger partial charge in [0.05, 0.1) is 10.5 Å². The van der Waals surface area contributed by atoms with Gasteiger partial charge in [0.2, 0.25) is 0 Å². The third kappa shape index (κ3) is 4.86. The summed E-state index contributed by atoms with van der Waals surface area (Å²) < 4.78 is 38.9. The van der Waals surface area contributed by atoms with Gasteiger partial charge in [0.15, 0.2) is 5.78 Å². The molecule has 2 heterocycles. The lowest BCUT2D eigenvalue weighted by atomic mass is 10.0. The molecule has 1 aromatic heterocycles. The van der Waals surface area contributed by atoms with Crippen molar-refractivity contribution in [2.75, 3.05) is 31.1 Å². The van der Waals surface area contributed by atoms with Crippen molar-refractivity contribution >= 4 is 23.1 Å². The fourth-order valence-electron chi connectivity index (χ4n) is 4.26. The van der Waals surface area contributed by atoms with Crippen molar-refractivity contribution in [1.29, 1.82) is 0 Å². The second-order valence-electron chi connectivity index (χ2n) is 8.02. The van der Waals surface area contributed by atoms with Gasteiger partial charge in [-0.25, -0.2) is 0 Å². The fraction of sp³-hybridized carbons (Fsp3) is 0.455. The highest BCUT2D eigenvalue weighted by Gasteiger charge is 2.35. The van der Waals surface area contributed by atoms with Gasteiger partial charge in [0.25, 0.3) is 11.6 Å². The van der Waals surface area contributed by atoms with E-state index in [1.807, 2.05) is 6.92 Å². The number of hydrogen-bond donors (Lipinski definition) is 1. The Hall–Kier alpha value is -3.37. The Kier molecular flexibility index (Phi) is 6.80. The Labute approximate surface area is 188 Å². The number of aromatic nitrogens is 1. The summed E-state index contributed by atoms with van der Waals surface area (Å²) in [5, 5.41) is 11.4. The predicted molar refractivity (Wildman–Crippen MR) is 116 cm³/mol. The molecule has 33 heavy (non-hydrogen) atoms. The van der Waals surface area contributed by atoms with E-state index in [2.05, 4.69) is 4.98 Å². The van der Waals surface area contributed by atoms with Gasteiger partial charge in [-0.05, 0) is 38.0 Å². The maximum atomic E-state index is 13.2. The molecule has 0 saturated carbocycles. The number of carbonyl (C=O) groups is 2. The number of halogens is 3. The number of nitro groups is 1. The lowest BCUT2D eigenvalue weighted by molar-refractivity contribution is -0.384. The SMILES string of the molecule is CCCc1c(C(=O)N2CCN(c3ccc(C(F)(F)F)cc3[N+](=O)[O-])CC2)[nH]c(C)c1C(C)=O.